The lowest BCUT2D eigenvalue weighted by Gasteiger charge is -2.26. The molecule has 0 spiro atoms. The van der Waals surface area contributed by atoms with Crippen LogP contribution in [0.1, 0.15) is 59.0 Å². The zero-order valence-electron chi connectivity index (χ0n) is 13.1. The van der Waals surface area contributed by atoms with Crippen LogP contribution in [0.2, 0.25) is 0 Å². The number of rotatable bonds is 4. The molecule has 0 bridgehead atoms. The predicted molar refractivity (Wildman–Crippen MR) is 89.6 cm³/mol. The molecule has 0 saturated heterocycles. The van der Waals surface area contributed by atoms with Crippen molar-refractivity contribution in [2.75, 3.05) is 0 Å². The Bertz CT molecular complexity index is 605. The van der Waals surface area contributed by atoms with Crippen LogP contribution in [0.5, 0.6) is 0 Å². The minimum Gasteiger partial charge on any atom is -0.324 e. The third-order valence-electron chi connectivity index (χ3n) is 4.65. The minimum absolute atomic E-state index is 0.0891. The van der Waals surface area contributed by atoms with Crippen LogP contribution in [0, 0.1) is 13.8 Å². The van der Waals surface area contributed by atoms with Crippen LogP contribution in [0.25, 0.3) is 0 Å². The van der Waals surface area contributed by atoms with Crippen LogP contribution in [0.4, 0.5) is 0 Å². The first-order valence-electron chi connectivity index (χ1n) is 8.04. The third-order valence-corrected chi connectivity index (χ3v) is 4.65. The van der Waals surface area contributed by atoms with Crippen molar-refractivity contribution in [1.29, 1.82) is 0 Å². The van der Waals surface area contributed by atoms with Crippen molar-refractivity contribution in [3.8, 4) is 0 Å². The van der Waals surface area contributed by atoms with Gasteiger partial charge in [-0.25, -0.2) is 0 Å². The highest BCUT2D eigenvalue weighted by Gasteiger charge is 2.20. The lowest BCUT2D eigenvalue weighted by molar-refractivity contribution is 0.419. The monoisotopic (exact) mass is 279 g/mol. The molecule has 0 radical (unpaired) electrons. The van der Waals surface area contributed by atoms with Crippen molar-refractivity contribution < 1.29 is 0 Å². The molecule has 2 aromatic carbocycles. The predicted octanol–water partition coefficient (Wildman–Crippen LogP) is 4.81. The van der Waals surface area contributed by atoms with Crippen molar-refractivity contribution in [2.24, 2.45) is 5.73 Å². The lowest BCUT2D eigenvalue weighted by Crippen LogP contribution is -2.15. The molecule has 1 heteroatoms. The second-order valence-electron chi connectivity index (χ2n) is 6.60. The number of nitrogens with two attached hydrogens (primary N) is 1. The van der Waals surface area contributed by atoms with E-state index in [1.165, 1.54) is 47.1 Å². The van der Waals surface area contributed by atoms with E-state index in [0.29, 0.717) is 0 Å². The average Bonchev–Trinajstić information content (AvgIpc) is 2.35. The second-order valence-corrected chi connectivity index (χ2v) is 6.60. The van der Waals surface area contributed by atoms with Crippen LogP contribution in [-0.2, 0) is 6.42 Å². The Morgan fingerprint density at radius 2 is 1.76 bits per heavy atom. The maximum absolute atomic E-state index is 6.46. The Kier molecular flexibility index (Phi) is 4.12. The molecule has 0 aliphatic heterocycles. The van der Waals surface area contributed by atoms with Crippen LogP contribution < -0.4 is 5.73 Å². The van der Waals surface area contributed by atoms with E-state index in [0.717, 1.165) is 12.3 Å². The van der Waals surface area contributed by atoms with Gasteiger partial charge in [-0.05, 0) is 55.7 Å². The fourth-order valence-corrected chi connectivity index (χ4v) is 3.34. The van der Waals surface area contributed by atoms with Crippen molar-refractivity contribution in [3.63, 3.8) is 0 Å². The molecule has 0 heterocycles. The van der Waals surface area contributed by atoms with Gasteiger partial charge < -0.3 is 5.73 Å². The summed E-state index contributed by atoms with van der Waals surface area (Å²) >= 11 is 0. The number of aryl methyl sites for hydroxylation is 2. The fraction of sp³-hybridized carbons (Fsp3) is 0.400. The molecule has 1 aliphatic rings. The fourth-order valence-electron chi connectivity index (χ4n) is 3.34. The van der Waals surface area contributed by atoms with Crippen LogP contribution >= 0.6 is 0 Å². The van der Waals surface area contributed by atoms with Gasteiger partial charge in [0.15, 0.2) is 0 Å². The largest absolute Gasteiger partial charge is 0.324 e. The SMILES string of the molecule is Cc1cc(C)cc(CC(N)c2cccc(C3CCC3)c2)c1. The first-order chi connectivity index (χ1) is 10.1. The van der Waals surface area contributed by atoms with Gasteiger partial charge in [0.05, 0.1) is 0 Å². The van der Waals surface area contributed by atoms with E-state index in [-0.39, 0.29) is 6.04 Å². The van der Waals surface area contributed by atoms with E-state index < -0.39 is 0 Å². The smallest absolute Gasteiger partial charge is 0.0335 e. The number of benzene rings is 2. The van der Waals surface area contributed by atoms with Gasteiger partial charge in [-0.2, -0.15) is 0 Å². The molecular weight excluding hydrogens is 254 g/mol. The van der Waals surface area contributed by atoms with E-state index in [2.05, 4.69) is 56.3 Å². The summed E-state index contributed by atoms with van der Waals surface area (Å²) in [5.74, 6) is 0.776. The van der Waals surface area contributed by atoms with Crippen molar-refractivity contribution in [3.05, 3.63) is 70.3 Å². The topological polar surface area (TPSA) is 26.0 Å². The van der Waals surface area contributed by atoms with Gasteiger partial charge in [0.25, 0.3) is 0 Å². The van der Waals surface area contributed by atoms with E-state index in [1.54, 1.807) is 0 Å². The van der Waals surface area contributed by atoms with Crippen molar-refractivity contribution >= 4 is 0 Å². The van der Waals surface area contributed by atoms with Crippen LogP contribution in [-0.4, -0.2) is 0 Å². The maximum atomic E-state index is 6.46. The summed E-state index contributed by atoms with van der Waals surface area (Å²) in [5, 5.41) is 0. The summed E-state index contributed by atoms with van der Waals surface area (Å²) in [6.07, 6.45) is 4.98. The highest BCUT2D eigenvalue weighted by atomic mass is 14.6. The van der Waals surface area contributed by atoms with E-state index in [1.807, 2.05) is 0 Å². The molecule has 2 aromatic rings. The minimum atomic E-state index is 0.0891. The Labute approximate surface area is 128 Å². The summed E-state index contributed by atoms with van der Waals surface area (Å²) in [7, 11) is 0. The second kappa shape index (κ2) is 6.03. The standard InChI is InChI=1S/C20H25N/c1-14-9-15(2)11-16(10-14)12-20(21)19-8-4-7-18(13-19)17-5-3-6-17/h4,7-11,13,17,20H,3,5-6,12,21H2,1-2H3. The normalized spacial score (nSPS) is 16.5. The Balaban J connectivity index is 1.76. The molecular formula is C20H25N. The molecule has 1 atom stereocenters. The molecule has 1 nitrogen and oxygen atoms in total. The summed E-state index contributed by atoms with van der Waals surface area (Å²) in [5.41, 5.74) is 13.2. The third kappa shape index (κ3) is 3.36. The zero-order chi connectivity index (χ0) is 14.8. The van der Waals surface area contributed by atoms with Gasteiger partial charge in [0, 0.05) is 6.04 Å². The van der Waals surface area contributed by atoms with Gasteiger partial charge in [-0.1, -0.05) is 60.0 Å². The van der Waals surface area contributed by atoms with Crippen LogP contribution in [0.15, 0.2) is 42.5 Å². The van der Waals surface area contributed by atoms with E-state index >= 15 is 0 Å². The Hall–Kier alpha value is -1.60. The quantitative estimate of drug-likeness (QED) is 0.853. The molecule has 1 unspecified atom stereocenters. The van der Waals surface area contributed by atoms with Gasteiger partial charge in [-0.15, -0.1) is 0 Å². The molecule has 0 aromatic heterocycles. The first-order valence-corrected chi connectivity index (χ1v) is 8.04. The van der Waals surface area contributed by atoms with Crippen molar-refractivity contribution in [1.82, 2.24) is 0 Å². The number of hydrogen-bond acceptors (Lipinski definition) is 1. The highest BCUT2D eigenvalue weighted by molar-refractivity contribution is 5.33. The highest BCUT2D eigenvalue weighted by Crippen LogP contribution is 2.37. The molecule has 110 valence electrons. The van der Waals surface area contributed by atoms with E-state index in [4.69, 9.17) is 5.73 Å². The molecule has 21 heavy (non-hydrogen) atoms. The van der Waals surface area contributed by atoms with Crippen molar-refractivity contribution in [2.45, 2.75) is 51.5 Å². The molecule has 3 rings (SSSR count). The molecule has 2 N–H and O–H groups in total. The summed E-state index contributed by atoms with van der Waals surface area (Å²) in [4.78, 5) is 0. The maximum Gasteiger partial charge on any atom is 0.0335 e. The molecule has 1 aliphatic carbocycles. The van der Waals surface area contributed by atoms with E-state index in [9.17, 15) is 0 Å². The Morgan fingerprint density at radius 1 is 1.05 bits per heavy atom. The Morgan fingerprint density at radius 3 is 2.38 bits per heavy atom. The zero-order valence-corrected chi connectivity index (χ0v) is 13.1. The van der Waals surface area contributed by atoms with Gasteiger partial charge in [-0.3, -0.25) is 0 Å². The summed E-state index contributed by atoms with van der Waals surface area (Å²) in [6, 6.07) is 15.7. The van der Waals surface area contributed by atoms with Gasteiger partial charge in [0.2, 0.25) is 0 Å². The number of hydrogen-bond donors (Lipinski definition) is 1. The molecule has 1 saturated carbocycles. The lowest BCUT2D eigenvalue weighted by atomic mass is 9.79. The summed E-state index contributed by atoms with van der Waals surface area (Å²) < 4.78 is 0. The average molecular weight is 279 g/mol. The molecule has 1 fully saturated rings. The van der Waals surface area contributed by atoms with Gasteiger partial charge >= 0.3 is 0 Å². The summed E-state index contributed by atoms with van der Waals surface area (Å²) in [6.45, 7) is 4.30. The first kappa shape index (κ1) is 14.3. The van der Waals surface area contributed by atoms with Gasteiger partial charge in [0.1, 0.15) is 0 Å². The van der Waals surface area contributed by atoms with Crippen LogP contribution in [0.3, 0.4) is 0 Å². The molecule has 0 amide bonds.